The molecule has 1 aromatic carbocycles. The zero-order valence-electron chi connectivity index (χ0n) is 10.1. The van der Waals surface area contributed by atoms with E-state index in [4.69, 9.17) is 16.6 Å². The van der Waals surface area contributed by atoms with Crippen LogP contribution in [0.3, 0.4) is 0 Å². The van der Waals surface area contributed by atoms with Crippen LogP contribution in [0.2, 0.25) is 0 Å². The maximum atomic E-state index is 13.3. The highest BCUT2D eigenvalue weighted by Gasteiger charge is 2.33. The number of rotatable bonds is 2. The van der Waals surface area contributed by atoms with Crippen LogP contribution in [0.25, 0.3) is 6.08 Å². The molecule has 0 atom stereocenters. The first-order valence-electron chi connectivity index (χ1n) is 5.72. The topological polar surface area (TPSA) is 33.5 Å². The van der Waals surface area contributed by atoms with E-state index in [1.54, 1.807) is 30.3 Å². The fraction of sp³-hybridized carbons (Fsp3) is 0. The van der Waals surface area contributed by atoms with Crippen LogP contribution in [-0.4, -0.2) is 10.2 Å². The molecule has 1 saturated heterocycles. The van der Waals surface area contributed by atoms with Gasteiger partial charge in [0, 0.05) is 6.08 Å². The van der Waals surface area contributed by atoms with Gasteiger partial charge in [-0.25, -0.2) is 4.39 Å². The summed E-state index contributed by atoms with van der Waals surface area (Å²) < 4.78 is 18.8. The minimum atomic E-state index is -0.411. The third kappa shape index (κ3) is 2.39. The summed E-state index contributed by atoms with van der Waals surface area (Å²) in [5.41, 5.74) is 0.426. The van der Waals surface area contributed by atoms with E-state index in [9.17, 15) is 9.18 Å². The molecule has 1 fully saturated rings. The van der Waals surface area contributed by atoms with Crippen molar-refractivity contribution in [3.8, 4) is 0 Å². The molecule has 3 rings (SSSR count). The molecule has 0 saturated carbocycles. The first-order chi connectivity index (χ1) is 9.65. The Balaban J connectivity index is 1.95. The molecule has 3 nitrogen and oxygen atoms in total. The van der Waals surface area contributed by atoms with Crippen molar-refractivity contribution in [3.05, 3.63) is 59.1 Å². The number of thioether (sulfide) groups is 1. The number of hydrogen-bond acceptors (Lipinski definition) is 4. The third-order valence-electron chi connectivity index (χ3n) is 2.68. The summed E-state index contributed by atoms with van der Waals surface area (Å²) in [5, 5.41) is 0. The van der Waals surface area contributed by atoms with Gasteiger partial charge in [-0.15, -0.1) is 0 Å². The maximum absolute atomic E-state index is 13.3. The fourth-order valence-electron chi connectivity index (χ4n) is 1.81. The van der Waals surface area contributed by atoms with Gasteiger partial charge in [0.15, 0.2) is 4.32 Å². The minimum Gasteiger partial charge on any atom is -0.465 e. The van der Waals surface area contributed by atoms with Gasteiger partial charge in [-0.1, -0.05) is 30.0 Å². The van der Waals surface area contributed by atoms with Gasteiger partial charge in [-0.3, -0.25) is 9.69 Å². The Morgan fingerprint density at radius 3 is 2.85 bits per heavy atom. The van der Waals surface area contributed by atoms with E-state index in [1.165, 1.54) is 35.1 Å². The van der Waals surface area contributed by atoms with Gasteiger partial charge in [0.1, 0.15) is 11.6 Å². The zero-order valence-corrected chi connectivity index (χ0v) is 11.7. The van der Waals surface area contributed by atoms with Crippen LogP contribution in [0.1, 0.15) is 5.76 Å². The number of furan rings is 1. The monoisotopic (exact) mass is 305 g/mol. The van der Waals surface area contributed by atoms with E-state index < -0.39 is 5.82 Å². The SMILES string of the molecule is O=C1/C(=C\c2ccco2)SC(=S)N1c1cccc(F)c1. The zero-order chi connectivity index (χ0) is 14.1. The Kier molecular flexibility index (Phi) is 3.42. The van der Waals surface area contributed by atoms with Crippen molar-refractivity contribution in [2.24, 2.45) is 0 Å². The molecule has 20 heavy (non-hydrogen) atoms. The summed E-state index contributed by atoms with van der Waals surface area (Å²) in [7, 11) is 0. The molecule has 0 aliphatic carbocycles. The molecule has 0 radical (unpaired) electrons. The van der Waals surface area contributed by atoms with Crippen molar-refractivity contribution in [1.29, 1.82) is 0 Å². The largest absolute Gasteiger partial charge is 0.465 e. The van der Waals surface area contributed by atoms with Gasteiger partial charge in [0.05, 0.1) is 16.9 Å². The minimum absolute atomic E-state index is 0.276. The molecule has 100 valence electrons. The molecule has 2 heterocycles. The molecule has 1 aromatic heterocycles. The van der Waals surface area contributed by atoms with Crippen molar-refractivity contribution in [2.75, 3.05) is 4.90 Å². The smallest absolute Gasteiger partial charge is 0.270 e. The summed E-state index contributed by atoms with van der Waals surface area (Å²) in [6.45, 7) is 0. The average Bonchev–Trinajstić information content (AvgIpc) is 2.99. The molecule has 1 amide bonds. The molecular formula is C14H8FNO2S2. The van der Waals surface area contributed by atoms with Crippen LogP contribution in [-0.2, 0) is 4.79 Å². The van der Waals surface area contributed by atoms with Crippen molar-refractivity contribution in [1.82, 2.24) is 0 Å². The van der Waals surface area contributed by atoms with Crippen molar-refractivity contribution in [3.63, 3.8) is 0 Å². The molecule has 1 aliphatic heterocycles. The van der Waals surface area contributed by atoms with Crippen LogP contribution < -0.4 is 4.90 Å². The van der Waals surface area contributed by atoms with Gasteiger partial charge < -0.3 is 4.42 Å². The molecule has 0 N–H and O–H groups in total. The number of carbonyl (C=O) groups is 1. The Morgan fingerprint density at radius 1 is 1.30 bits per heavy atom. The number of halogens is 1. The van der Waals surface area contributed by atoms with Gasteiger partial charge >= 0.3 is 0 Å². The van der Waals surface area contributed by atoms with E-state index in [0.717, 1.165) is 0 Å². The number of carbonyl (C=O) groups excluding carboxylic acids is 1. The van der Waals surface area contributed by atoms with E-state index in [1.807, 2.05) is 0 Å². The second-order valence-corrected chi connectivity index (χ2v) is 5.69. The lowest BCUT2D eigenvalue weighted by Crippen LogP contribution is -2.27. The van der Waals surface area contributed by atoms with Gasteiger partial charge in [0.2, 0.25) is 0 Å². The lowest BCUT2D eigenvalue weighted by Gasteiger charge is -2.14. The van der Waals surface area contributed by atoms with Gasteiger partial charge in [-0.05, 0) is 30.3 Å². The number of nitrogens with zero attached hydrogens (tertiary/aromatic N) is 1. The number of thiocarbonyl (C=S) groups is 1. The number of benzene rings is 1. The molecule has 6 heteroatoms. The van der Waals surface area contributed by atoms with E-state index in [2.05, 4.69) is 0 Å². The van der Waals surface area contributed by atoms with Crippen molar-refractivity contribution in [2.45, 2.75) is 0 Å². The summed E-state index contributed by atoms with van der Waals surface area (Å²) >= 11 is 6.36. The van der Waals surface area contributed by atoms with E-state index in [0.29, 0.717) is 20.7 Å². The van der Waals surface area contributed by atoms with Gasteiger partial charge in [0.25, 0.3) is 5.91 Å². The standard InChI is InChI=1S/C14H8FNO2S2/c15-9-3-1-4-10(7-9)16-13(17)12(20-14(16)19)8-11-5-2-6-18-11/h1-8H/b12-8+. The summed E-state index contributed by atoms with van der Waals surface area (Å²) in [5.74, 6) is -0.113. The highest BCUT2D eigenvalue weighted by atomic mass is 32.2. The second-order valence-electron chi connectivity index (χ2n) is 4.01. The molecule has 0 spiro atoms. The predicted octanol–water partition coefficient (Wildman–Crippen LogP) is 3.82. The third-order valence-corrected chi connectivity index (χ3v) is 3.98. The summed E-state index contributed by atoms with van der Waals surface area (Å²) in [6.07, 6.45) is 3.15. The van der Waals surface area contributed by atoms with Crippen LogP contribution in [0, 0.1) is 5.82 Å². The Hall–Kier alpha value is -1.92. The van der Waals surface area contributed by atoms with Crippen LogP contribution in [0.15, 0.2) is 52.0 Å². The first kappa shape index (κ1) is 13.1. The molecule has 1 aliphatic rings. The molecule has 0 unspecified atom stereocenters. The Labute approximate surface area is 124 Å². The quantitative estimate of drug-likeness (QED) is 0.624. The van der Waals surface area contributed by atoms with Crippen LogP contribution in [0.5, 0.6) is 0 Å². The highest BCUT2D eigenvalue weighted by Crippen LogP contribution is 2.36. The van der Waals surface area contributed by atoms with Crippen LogP contribution >= 0.6 is 24.0 Å². The van der Waals surface area contributed by atoms with E-state index in [-0.39, 0.29) is 5.91 Å². The van der Waals surface area contributed by atoms with Crippen molar-refractivity contribution < 1.29 is 13.6 Å². The fourth-order valence-corrected chi connectivity index (χ4v) is 3.09. The van der Waals surface area contributed by atoms with E-state index >= 15 is 0 Å². The normalized spacial score (nSPS) is 17.2. The maximum Gasteiger partial charge on any atom is 0.270 e. The van der Waals surface area contributed by atoms with Crippen molar-refractivity contribution >= 4 is 46.0 Å². The number of hydrogen-bond donors (Lipinski definition) is 0. The molecule has 2 aromatic rings. The Morgan fingerprint density at radius 2 is 2.15 bits per heavy atom. The van der Waals surface area contributed by atoms with Crippen LogP contribution in [0.4, 0.5) is 10.1 Å². The lowest BCUT2D eigenvalue weighted by molar-refractivity contribution is -0.113. The average molecular weight is 305 g/mol. The second kappa shape index (κ2) is 5.22. The number of amides is 1. The summed E-state index contributed by atoms with van der Waals surface area (Å²) in [4.78, 5) is 14.1. The lowest BCUT2D eigenvalue weighted by atomic mass is 10.2. The van der Waals surface area contributed by atoms with Gasteiger partial charge in [-0.2, -0.15) is 0 Å². The molecule has 0 bridgehead atoms. The highest BCUT2D eigenvalue weighted by molar-refractivity contribution is 8.27. The predicted molar refractivity (Wildman–Crippen MR) is 80.8 cm³/mol. The first-order valence-corrected chi connectivity index (χ1v) is 6.94. The molecular weight excluding hydrogens is 297 g/mol. The Bertz CT molecular complexity index is 710. The summed E-state index contributed by atoms with van der Waals surface area (Å²) in [6, 6.07) is 9.26. The number of anilines is 1.